The van der Waals surface area contributed by atoms with E-state index < -0.39 is 43.3 Å². The van der Waals surface area contributed by atoms with Gasteiger partial charge in [-0.2, -0.15) is 17.4 Å². The number of benzene rings is 1. The monoisotopic (exact) mass is 408 g/mol. The second-order valence-electron chi connectivity index (χ2n) is 6.29. The molecule has 1 heterocycles. The van der Waals surface area contributed by atoms with Crippen molar-refractivity contribution in [2.45, 2.75) is 35.4 Å². The van der Waals surface area contributed by atoms with E-state index in [9.17, 15) is 22.0 Å². The summed E-state index contributed by atoms with van der Waals surface area (Å²) in [4.78, 5) is 13.7. The second kappa shape index (κ2) is 8.20. The van der Waals surface area contributed by atoms with Crippen LogP contribution >= 0.6 is 12.6 Å². The molecule has 0 radical (unpaired) electrons. The van der Waals surface area contributed by atoms with Crippen LogP contribution in [0.25, 0.3) is 0 Å². The van der Waals surface area contributed by atoms with E-state index in [4.69, 9.17) is 4.74 Å². The number of likely N-dealkylation sites (tertiary alicyclic amines) is 1. The predicted octanol–water partition coefficient (Wildman–Crippen LogP) is 1.57. The Labute approximate surface area is 157 Å². The third-order valence-corrected chi connectivity index (χ3v) is 6.53. The van der Waals surface area contributed by atoms with E-state index in [-0.39, 0.29) is 6.61 Å². The molecule has 0 amide bonds. The van der Waals surface area contributed by atoms with Gasteiger partial charge >= 0.3 is 5.97 Å². The van der Waals surface area contributed by atoms with Crippen molar-refractivity contribution in [1.82, 2.24) is 9.62 Å². The highest BCUT2D eigenvalue weighted by Gasteiger charge is 2.45. The first-order chi connectivity index (χ1) is 12.1. The van der Waals surface area contributed by atoms with Crippen LogP contribution in [-0.2, 0) is 19.6 Å². The summed E-state index contributed by atoms with van der Waals surface area (Å²) in [5.41, 5.74) is 0. The van der Waals surface area contributed by atoms with Gasteiger partial charge in [0, 0.05) is 10.8 Å². The molecule has 1 saturated heterocycles. The van der Waals surface area contributed by atoms with E-state index in [2.05, 4.69) is 17.4 Å². The zero-order valence-electron chi connectivity index (χ0n) is 14.5. The molecule has 2 rings (SSSR count). The normalized spacial score (nSPS) is 19.1. The van der Waals surface area contributed by atoms with Gasteiger partial charge in [-0.05, 0) is 52.0 Å². The van der Waals surface area contributed by atoms with Crippen LogP contribution in [0.3, 0.4) is 0 Å². The molecular formula is C16H22F2N2O4S2. The number of nitrogens with zero attached hydrogens (tertiary/aromatic N) is 1. The van der Waals surface area contributed by atoms with E-state index in [0.717, 1.165) is 12.1 Å². The van der Waals surface area contributed by atoms with Gasteiger partial charge in [-0.25, -0.2) is 17.2 Å². The van der Waals surface area contributed by atoms with Crippen LogP contribution in [0.15, 0.2) is 23.1 Å². The molecule has 1 aromatic rings. The van der Waals surface area contributed by atoms with E-state index in [0.29, 0.717) is 32.0 Å². The van der Waals surface area contributed by atoms with Crippen LogP contribution in [0.1, 0.15) is 19.8 Å². The van der Waals surface area contributed by atoms with Gasteiger partial charge < -0.3 is 9.64 Å². The Morgan fingerprint density at radius 3 is 2.54 bits per heavy atom. The average molecular weight is 408 g/mol. The highest BCUT2D eigenvalue weighted by Crippen LogP contribution is 2.33. The SMILES string of the molecule is CCOC(=O)[C@H](NS(=O)(=O)c1ccc(F)cc1F)C1(S)CCN(C)CC1. The number of carbonyl (C=O) groups excluding carboxylic acids is 1. The highest BCUT2D eigenvalue weighted by molar-refractivity contribution is 7.89. The molecule has 0 bridgehead atoms. The van der Waals surface area contributed by atoms with Crippen molar-refractivity contribution < 1.29 is 26.7 Å². The molecular weight excluding hydrogens is 386 g/mol. The van der Waals surface area contributed by atoms with E-state index in [1.165, 1.54) is 0 Å². The first kappa shape index (κ1) is 21.1. The maximum Gasteiger partial charge on any atom is 0.325 e. The quantitative estimate of drug-likeness (QED) is 0.552. The van der Waals surface area contributed by atoms with E-state index in [1.807, 2.05) is 11.9 Å². The molecule has 0 aliphatic carbocycles. The average Bonchev–Trinajstić information content (AvgIpc) is 2.55. The number of hydrogen-bond acceptors (Lipinski definition) is 6. The molecule has 26 heavy (non-hydrogen) atoms. The lowest BCUT2D eigenvalue weighted by Crippen LogP contribution is -2.58. The number of rotatable bonds is 6. The molecule has 1 atom stereocenters. The summed E-state index contributed by atoms with van der Waals surface area (Å²) < 4.78 is 58.5. The minimum Gasteiger partial charge on any atom is -0.465 e. The molecule has 1 N–H and O–H groups in total. The number of nitrogens with one attached hydrogen (secondary N) is 1. The van der Waals surface area contributed by atoms with Crippen molar-refractivity contribution in [1.29, 1.82) is 0 Å². The molecule has 6 nitrogen and oxygen atoms in total. The van der Waals surface area contributed by atoms with Gasteiger partial charge in [-0.3, -0.25) is 4.79 Å². The zero-order chi connectivity index (χ0) is 19.5. The Balaban J connectivity index is 2.35. The van der Waals surface area contributed by atoms with Crippen molar-refractivity contribution in [3.8, 4) is 0 Å². The van der Waals surface area contributed by atoms with Gasteiger partial charge in [0.15, 0.2) is 0 Å². The van der Waals surface area contributed by atoms with Gasteiger partial charge in [-0.15, -0.1) is 0 Å². The van der Waals surface area contributed by atoms with Gasteiger partial charge in [0.2, 0.25) is 10.0 Å². The summed E-state index contributed by atoms with van der Waals surface area (Å²) in [6, 6.07) is 0.826. The van der Waals surface area contributed by atoms with Crippen LogP contribution in [0, 0.1) is 11.6 Å². The fraction of sp³-hybridized carbons (Fsp3) is 0.562. The Morgan fingerprint density at radius 2 is 2.00 bits per heavy atom. The van der Waals surface area contributed by atoms with E-state index in [1.54, 1.807) is 6.92 Å². The van der Waals surface area contributed by atoms with Gasteiger partial charge in [0.1, 0.15) is 22.6 Å². The zero-order valence-corrected chi connectivity index (χ0v) is 16.2. The molecule has 1 aromatic carbocycles. The minimum absolute atomic E-state index is 0.0612. The topological polar surface area (TPSA) is 75.7 Å². The standard InChI is InChI=1S/C16H22F2N2O4S2/c1-3-24-15(21)14(16(25)6-8-20(2)9-7-16)19-26(22,23)13-5-4-11(17)10-12(13)18/h4-5,10,14,19,25H,3,6-9H2,1-2H3/t14-/m0/s1. The number of sulfonamides is 1. The van der Waals surface area contributed by atoms with Crippen molar-refractivity contribution in [3.05, 3.63) is 29.8 Å². The fourth-order valence-corrected chi connectivity index (χ4v) is 4.59. The lowest BCUT2D eigenvalue weighted by Gasteiger charge is -2.41. The van der Waals surface area contributed by atoms with Crippen molar-refractivity contribution in [2.75, 3.05) is 26.7 Å². The Kier molecular flexibility index (Phi) is 6.65. The lowest BCUT2D eigenvalue weighted by atomic mass is 9.89. The smallest absolute Gasteiger partial charge is 0.325 e. The molecule has 1 aliphatic rings. The van der Waals surface area contributed by atoms with Crippen LogP contribution in [0.5, 0.6) is 0 Å². The van der Waals surface area contributed by atoms with Crippen LogP contribution in [-0.4, -0.2) is 56.8 Å². The van der Waals surface area contributed by atoms with Crippen molar-refractivity contribution >= 4 is 28.6 Å². The summed E-state index contributed by atoms with van der Waals surface area (Å²) in [5, 5.41) is 0. The second-order valence-corrected chi connectivity index (χ2v) is 8.86. The Hall–Kier alpha value is -1.23. The molecule has 146 valence electrons. The number of carbonyl (C=O) groups is 1. The first-order valence-corrected chi connectivity index (χ1v) is 10.1. The maximum atomic E-state index is 13.9. The van der Waals surface area contributed by atoms with Gasteiger partial charge in [0.05, 0.1) is 6.61 Å². The third kappa shape index (κ3) is 4.73. The van der Waals surface area contributed by atoms with Crippen LogP contribution in [0.2, 0.25) is 0 Å². The summed E-state index contributed by atoms with van der Waals surface area (Å²) in [6.45, 7) is 2.90. The van der Waals surface area contributed by atoms with Crippen molar-refractivity contribution in [2.24, 2.45) is 0 Å². The Morgan fingerprint density at radius 1 is 1.38 bits per heavy atom. The molecule has 0 saturated carbocycles. The first-order valence-electron chi connectivity index (χ1n) is 8.14. The lowest BCUT2D eigenvalue weighted by molar-refractivity contribution is -0.146. The van der Waals surface area contributed by atoms with Crippen LogP contribution in [0.4, 0.5) is 8.78 Å². The summed E-state index contributed by atoms with van der Waals surface area (Å²) in [7, 11) is -2.52. The maximum absolute atomic E-state index is 13.9. The number of halogens is 2. The fourth-order valence-electron chi connectivity index (χ4n) is 2.81. The Bertz CT molecular complexity index is 766. The number of hydrogen-bond donors (Lipinski definition) is 2. The number of thiol groups is 1. The minimum atomic E-state index is -4.43. The summed E-state index contributed by atoms with van der Waals surface area (Å²) in [5.74, 6) is -2.92. The summed E-state index contributed by atoms with van der Waals surface area (Å²) in [6.07, 6.45) is 0.870. The van der Waals surface area contributed by atoms with Gasteiger partial charge in [-0.1, -0.05) is 0 Å². The van der Waals surface area contributed by atoms with Crippen LogP contribution < -0.4 is 4.72 Å². The highest BCUT2D eigenvalue weighted by atomic mass is 32.2. The van der Waals surface area contributed by atoms with Crippen molar-refractivity contribution in [3.63, 3.8) is 0 Å². The molecule has 0 aromatic heterocycles. The molecule has 0 spiro atoms. The van der Waals surface area contributed by atoms with E-state index >= 15 is 0 Å². The largest absolute Gasteiger partial charge is 0.465 e. The number of ether oxygens (including phenoxy) is 1. The summed E-state index contributed by atoms with van der Waals surface area (Å²) >= 11 is 4.58. The number of piperidine rings is 1. The number of esters is 1. The molecule has 1 fully saturated rings. The molecule has 0 unspecified atom stereocenters. The molecule has 10 heteroatoms. The predicted molar refractivity (Wildman–Crippen MR) is 95.5 cm³/mol. The molecule has 1 aliphatic heterocycles. The van der Waals surface area contributed by atoms with Gasteiger partial charge in [0.25, 0.3) is 0 Å². The third-order valence-electron chi connectivity index (χ3n) is 4.37.